The van der Waals surface area contributed by atoms with Crippen LogP contribution < -0.4 is 10.5 Å². The fourth-order valence-corrected chi connectivity index (χ4v) is 1.49. The average molecular weight is 283 g/mol. The Morgan fingerprint density at radius 3 is 2.81 bits per heavy atom. The number of anilines is 1. The van der Waals surface area contributed by atoms with Gasteiger partial charge in [0.15, 0.2) is 0 Å². The molecule has 3 nitrogen and oxygen atoms in total. The van der Waals surface area contributed by atoms with E-state index in [0.717, 1.165) is 4.47 Å². The SMILES string of the molecule is CC(C)(C#N)CCOc1cccc(N)c1Br. The second-order valence-corrected chi connectivity index (χ2v) is 5.05. The molecule has 0 aliphatic carbocycles. The van der Waals surface area contributed by atoms with Gasteiger partial charge in [-0.2, -0.15) is 5.26 Å². The number of nitrogens with two attached hydrogens (primary N) is 1. The summed E-state index contributed by atoms with van der Waals surface area (Å²) in [6, 6.07) is 7.72. The maximum absolute atomic E-state index is 8.86. The van der Waals surface area contributed by atoms with Crippen LogP contribution in [0.25, 0.3) is 0 Å². The largest absolute Gasteiger partial charge is 0.492 e. The molecule has 0 amide bonds. The molecule has 0 radical (unpaired) electrons. The standard InChI is InChI=1S/C12H15BrN2O/c1-12(2,8-14)6-7-16-10-5-3-4-9(15)11(10)13/h3-5H,6-7,15H2,1-2H3. The van der Waals surface area contributed by atoms with E-state index in [1.165, 1.54) is 0 Å². The highest BCUT2D eigenvalue weighted by molar-refractivity contribution is 9.10. The van der Waals surface area contributed by atoms with E-state index in [4.69, 9.17) is 15.7 Å². The van der Waals surface area contributed by atoms with E-state index in [1.807, 2.05) is 26.0 Å². The monoisotopic (exact) mass is 282 g/mol. The van der Waals surface area contributed by atoms with Gasteiger partial charge >= 0.3 is 0 Å². The number of nitrogens with zero attached hydrogens (tertiary/aromatic N) is 1. The maximum atomic E-state index is 8.86. The van der Waals surface area contributed by atoms with E-state index in [2.05, 4.69) is 22.0 Å². The van der Waals surface area contributed by atoms with Crippen molar-refractivity contribution < 1.29 is 4.74 Å². The first-order chi connectivity index (χ1) is 7.46. The maximum Gasteiger partial charge on any atom is 0.135 e. The molecule has 16 heavy (non-hydrogen) atoms. The quantitative estimate of drug-likeness (QED) is 0.862. The Bertz CT molecular complexity index is 410. The van der Waals surface area contributed by atoms with E-state index >= 15 is 0 Å². The van der Waals surface area contributed by atoms with Crippen LogP contribution in [-0.2, 0) is 0 Å². The first-order valence-corrected chi connectivity index (χ1v) is 5.83. The molecule has 4 heteroatoms. The van der Waals surface area contributed by atoms with Crippen LogP contribution in [0.15, 0.2) is 22.7 Å². The smallest absolute Gasteiger partial charge is 0.135 e. The molecule has 0 aliphatic heterocycles. The predicted molar refractivity (Wildman–Crippen MR) is 68.1 cm³/mol. The Labute approximate surface area is 104 Å². The number of rotatable bonds is 4. The van der Waals surface area contributed by atoms with E-state index in [0.29, 0.717) is 24.5 Å². The first-order valence-electron chi connectivity index (χ1n) is 5.04. The lowest BCUT2D eigenvalue weighted by Crippen LogP contribution is -2.13. The molecule has 0 fully saturated rings. The Balaban J connectivity index is 2.57. The number of nitriles is 1. The molecule has 0 heterocycles. The summed E-state index contributed by atoms with van der Waals surface area (Å²) in [6.07, 6.45) is 0.685. The van der Waals surface area contributed by atoms with Crippen molar-refractivity contribution in [1.29, 1.82) is 5.26 Å². The van der Waals surface area contributed by atoms with Crippen molar-refractivity contribution in [2.45, 2.75) is 20.3 Å². The van der Waals surface area contributed by atoms with Crippen molar-refractivity contribution >= 4 is 21.6 Å². The zero-order valence-electron chi connectivity index (χ0n) is 9.46. The van der Waals surface area contributed by atoms with Crippen LogP contribution in [0, 0.1) is 16.7 Å². The summed E-state index contributed by atoms with van der Waals surface area (Å²) in [5.41, 5.74) is 6.02. The number of hydrogen-bond acceptors (Lipinski definition) is 3. The van der Waals surface area contributed by atoms with Gasteiger partial charge in [-0.3, -0.25) is 0 Å². The molecule has 0 aliphatic rings. The van der Waals surface area contributed by atoms with Gasteiger partial charge in [-0.15, -0.1) is 0 Å². The van der Waals surface area contributed by atoms with Crippen LogP contribution in [-0.4, -0.2) is 6.61 Å². The van der Waals surface area contributed by atoms with Gasteiger partial charge < -0.3 is 10.5 Å². The Hall–Kier alpha value is -1.21. The van der Waals surface area contributed by atoms with Crippen LogP contribution in [0.5, 0.6) is 5.75 Å². The lowest BCUT2D eigenvalue weighted by Gasteiger charge is -2.16. The predicted octanol–water partition coefficient (Wildman–Crippen LogP) is 3.35. The fraction of sp³-hybridized carbons (Fsp3) is 0.417. The number of nitrogen functional groups attached to an aromatic ring is 1. The topological polar surface area (TPSA) is 59.0 Å². The van der Waals surface area contributed by atoms with Crippen LogP contribution in [0.1, 0.15) is 20.3 Å². The van der Waals surface area contributed by atoms with E-state index in [-0.39, 0.29) is 5.41 Å². The molecule has 86 valence electrons. The molecule has 0 saturated heterocycles. The van der Waals surface area contributed by atoms with Crippen molar-refractivity contribution in [2.24, 2.45) is 5.41 Å². The van der Waals surface area contributed by atoms with Crippen molar-refractivity contribution in [3.8, 4) is 11.8 Å². The molecule has 2 N–H and O–H groups in total. The third kappa shape index (κ3) is 3.42. The molecule has 1 aromatic carbocycles. The highest BCUT2D eigenvalue weighted by Gasteiger charge is 2.16. The Morgan fingerprint density at radius 2 is 2.19 bits per heavy atom. The summed E-state index contributed by atoms with van der Waals surface area (Å²) in [5.74, 6) is 0.716. The summed E-state index contributed by atoms with van der Waals surface area (Å²) >= 11 is 3.36. The average Bonchev–Trinajstić information content (AvgIpc) is 2.24. The minimum atomic E-state index is -0.354. The van der Waals surface area contributed by atoms with Crippen molar-refractivity contribution in [2.75, 3.05) is 12.3 Å². The van der Waals surface area contributed by atoms with E-state index in [1.54, 1.807) is 6.07 Å². The van der Waals surface area contributed by atoms with Gasteiger partial charge in [0.2, 0.25) is 0 Å². The summed E-state index contributed by atoms with van der Waals surface area (Å²) in [5, 5.41) is 8.86. The number of benzene rings is 1. The zero-order valence-corrected chi connectivity index (χ0v) is 11.0. The molecule has 0 spiro atoms. The molecule has 0 bridgehead atoms. The van der Waals surface area contributed by atoms with Crippen LogP contribution in [0.3, 0.4) is 0 Å². The lowest BCUT2D eigenvalue weighted by atomic mass is 9.92. The van der Waals surface area contributed by atoms with Gasteiger partial charge in [-0.1, -0.05) is 6.07 Å². The van der Waals surface area contributed by atoms with Crippen molar-refractivity contribution in [3.63, 3.8) is 0 Å². The van der Waals surface area contributed by atoms with Gasteiger partial charge in [-0.25, -0.2) is 0 Å². The van der Waals surface area contributed by atoms with Gasteiger partial charge in [0.1, 0.15) is 5.75 Å². The minimum Gasteiger partial charge on any atom is -0.492 e. The summed E-state index contributed by atoms with van der Waals surface area (Å²) in [4.78, 5) is 0. The van der Waals surface area contributed by atoms with Crippen LogP contribution in [0.4, 0.5) is 5.69 Å². The molecule has 1 aromatic rings. The Kier molecular flexibility index (Phi) is 4.19. The zero-order chi connectivity index (χ0) is 12.2. The van der Waals surface area contributed by atoms with Gasteiger partial charge in [-0.05, 0) is 48.3 Å². The second kappa shape index (κ2) is 5.22. The number of hydrogen-bond donors (Lipinski definition) is 1. The summed E-state index contributed by atoms with van der Waals surface area (Å²) in [7, 11) is 0. The molecule has 1 rings (SSSR count). The van der Waals surface area contributed by atoms with Crippen molar-refractivity contribution in [1.82, 2.24) is 0 Å². The fourth-order valence-electron chi connectivity index (χ4n) is 1.11. The highest BCUT2D eigenvalue weighted by atomic mass is 79.9. The molecular weight excluding hydrogens is 268 g/mol. The third-order valence-electron chi connectivity index (χ3n) is 2.28. The lowest BCUT2D eigenvalue weighted by molar-refractivity contribution is 0.263. The normalized spacial score (nSPS) is 10.9. The Morgan fingerprint density at radius 1 is 1.50 bits per heavy atom. The van der Waals surface area contributed by atoms with Crippen LogP contribution >= 0.6 is 15.9 Å². The third-order valence-corrected chi connectivity index (χ3v) is 3.13. The van der Waals surface area contributed by atoms with E-state index in [9.17, 15) is 0 Å². The van der Waals surface area contributed by atoms with E-state index < -0.39 is 0 Å². The second-order valence-electron chi connectivity index (χ2n) is 4.25. The molecule has 0 aromatic heterocycles. The highest BCUT2D eigenvalue weighted by Crippen LogP contribution is 2.30. The summed E-state index contributed by atoms with van der Waals surface area (Å²) in [6.45, 7) is 4.29. The van der Waals surface area contributed by atoms with Gasteiger partial charge in [0.05, 0.1) is 22.6 Å². The molecule has 0 saturated carbocycles. The van der Waals surface area contributed by atoms with Gasteiger partial charge in [0, 0.05) is 5.69 Å². The number of ether oxygens (including phenoxy) is 1. The van der Waals surface area contributed by atoms with Crippen molar-refractivity contribution in [3.05, 3.63) is 22.7 Å². The summed E-state index contributed by atoms with van der Waals surface area (Å²) < 4.78 is 6.35. The minimum absolute atomic E-state index is 0.354. The van der Waals surface area contributed by atoms with Gasteiger partial charge in [0.25, 0.3) is 0 Å². The molecule has 0 atom stereocenters. The first kappa shape index (κ1) is 12.9. The molecule has 0 unspecified atom stereocenters. The number of halogens is 1. The van der Waals surface area contributed by atoms with Crippen LogP contribution in [0.2, 0.25) is 0 Å². The molecular formula is C12H15BrN2O.